The molecule has 0 amide bonds. The number of Topliss-reactive ketones (excluding diaryl/α,β-unsaturated/α-hetero) is 2. The monoisotopic (exact) mass is 1450 g/mol. The molecule has 3 saturated heterocycles. The summed E-state index contributed by atoms with van der Waals surface area (Å²) in [6, 6.07) is 43.2. The quantitative estimate of drug-likeness (QED) is 0.0397. The summed E-state index contributed by atoms with van der Waals surface area (Å²) in [5, 5.41) is 2.65. The summed E-state index contributed by atoms with van der Waals surface area (Å²) >= 11 is 5.07. The minimum Gasteiger partial charge on any atom is -0.399 e. The van der Waals surface area contributed by atoms with E-state index in [1.807, 2.05) is 0 Å². The molecule has 0 aliphatic carbocycles. The van der Waals surface area contributed by atoms with Gasteiger partial charge in [-0.2, -0.15) is 0 Å². The van der Waals surface area contributed by atoms with Crippen LogP contribution in [0.3, 0.4) is 0 Å². The van der Waals surface area contributed by atoms with Gasteiger partial charge in [0.15, 0.2) is 28.9 Å². The highest BCUT2D eigenvalue weighted by atomic mass is 35.5. The number of nitrogens with two attached hydrogens (primary N) is 1. The van der Waals surface area contributed by atoms with E-state index < -0.39 is 57.5 Å². The van der Waals surface area contributed by atoms with Crippen LogP contribution >= 0.6 is 11.6 Å². The van der Waals surface area contributed by atoms with Gasteiger partial charge in [0.05, 0.1) is 68.4 Å². The number of piperazine rings is 1. The third-order valence-electron chi connectivity index (χ3n) is 18.0. The van der Waals surface area contributed by atoms with Crippen LogP contribution in [0.2, 0.25) is 0 Å². The number of hydrogen-bond donors (Lipinski definition) is 2. The Morgan fingerprint density at radius 2 is 0.717 bits per heavy atom. The van der Waals surface area contributed by atoms with Crippen molar-refractivity contribution in [2.45, 2.75) is 51.4 Å². The van der Waals surface area contributed by atoms with Crippen molar-refractivity contribution in [2.75, 3.05) is 72.8 Å². The molecule has 3 fully saturated rings. The molecule has 15 rings (SSSR count). The molecule has 24 heteroatoms. The van der Waals surface area contributed by atoms with Gasteiger partial charge in [-0.1, -0.05) is 42.5 Å². The number of anilines is 4. The number of ketones is 5. The van der Waals surface area contributed by atoms with Crippen molar-refractivity contribution >= 4 is 102 Å². The van der Waals surface area contributed by atoms with Gasteiger partial charge in [-0.05, 0) is 201 Å². The van der Waals surface area contributed by atoms with Crippen molar-refractivity contribution in [3.05, 3.63) is 297 Å². The van der Waals surface area contributed by atoms with E-state index in [4.69, 9.17) is 22.3 Å². The first-order chi connectivity index (χ1) is 51.3. The summed E-state index contributed by atoms with van der Waals surface area (Å²) in [7, 11) is 0. The molecule has 6 heterocycles. The molecule has 536 valence electrons. The SMILES string of the molecule is Nc1ccc(C(=O)c2ccc3ncc(N4CCCCC4)nc3c2)c(F)c1.O=C(Cc1ccc(C(=O)c2ccc3ncc(N4CCCCC4)nc3c2)c(F)c1)c1cccc(F)c1.O=C(Cc1ccc(C(=O)c2ccc3ncc(N4CCNCC4)nc3c2)c(F)c1)c1cccc(F)c1.O=C(Cl)c1cccc(F)c1. The summed E-state index contributed by atoms with van der Waals surface area (Å²) in [6.45, 7) is 7.15. The van der Waals surface area contributed by atoms with Crippen molar-refractivity contribution in [3.63, 3.8) is 0 Å². The Bertz CT molecular complexity index is 5110. The number of nitrogens with zero attached hydrogens (tertiary/aromatic N) is 9. The number of nitrogens with one attached hydrogen (secondary N) is 1. The fourth-order valence-corrected chi connectivity index (χ4v) is 12.5. The standard InChI is InChI=1S/C28H23F2N3O2.C27H22F2N4O2.C20H19FN4O.C7H4ClFO/c29-21-6-4-5-19(15-21)26(34)14-18-7-9-22(23(30)13-18)28(35)20-8-10-24-25(16-20)32-27(17-31-24)33-11-2-1-3-12-33;28-20-3-1-2-18(14-20)25(34)13-17-4-6-21(22(29)12-17)27(35)19-5-7-23-24(15-19)32-26(16-31-23)33-10-8-30-9-11-33;21-16-11-14(22)5-6-15(16)20(26)13-4-7-17-18(10-13)24-19(12-23-17)25-8-2-1-3-9-25;8-7(10)5-2-1-3-6(9)4-5/h4-10,13,15-17H,1-3,11-12,14H2;1-7,12,14-16,30H,8-11,13H2;4-7,10-12H,1-3,8-9,22H2;1-4H. The number of rotatable bonds is 16. The number of halogens is 7. The highest BCUT2D eigenvalue weighted by molar-refractivity contribution is 6.67. The predicted molar refractivity (Wildman–Crippen MR) is 395 cm³/mol. The number of piperidine rings is 2. The van der Waals surface area contributed by atoms with E-state index in [-0.39, 0.29) is 63.5 Å². The van der Waals surface area contributed by atoms with Gasteiger partial charge >= 0.3 is 0 Å². The van der Waals surface area contributed by atoms with Gasteiger partial charge in [0.1, 0.15) is 52.4 Å². The number of benzene rings is 9. The second kappa shape index (κ2) is 34.1. The summed E-state index contributed by atoms with van der Waals surface area (Å²) in [5.74, 6) is -3.22. The van der Waals surface area contributed by atoms with Gasteiger partial charge in [-0.25, -0.2) is 41.3 Å². The third-order valence-corrected chi connectivity index (χ3v) is 18.3. The molecule has 0 radical (unpaired) electrons. The van der Waals surface area contributed by atoms with Crippen LogP contribution in [-0.2, 0) is 12.8 Å². The van der Waals surface area contributed by atoms with Crippen molar-refractivity contribution in [3.8, 4) is 0 Å². The van der Waals surface area contributed by atoms with Crippen LogP contribution in [0.1, 0.15) is 128 Å². The zero-order valence-corrected chi connectivity index (χ0v) is 57.8. The summed E-state index contributed by atoms with van der Waals surface area (Å²) in [6.07, 6.45) is 12.0. The van der Waals surface area contributed by atoms with Crippen molar-refractivity contribution in [1.29, 1.82) is 0 Å². The maximum atomic E-state index is 14.9. The summed E-state index contributed by atoms with van der Waals surface area (Å²) in [5.41, 5.74) is 11.8. The summed E-state index contributed by atoms with van der Waals surface area (Å²) in [4.78, 5) is 108. The van der Waals surface area contributed by atoms with Gasteiger partial charge in [-0.15, -0.1) is 0 Å². The van der Waals surface area contributed by atoms with Crippen LogP contribution in [0, 0.1) is 34.9 Å². The van der Waals surface area contributed by atoms with Crippen molar-refractivity contribution in [1.82, 2.24) is 35.2 Å². The molecule has 3 aliphatic heterocycles. The Labute approximate surface area is 610 Å². The Kier molecular flexibility index (Phi) is 23.7. The number of nitrogen functional groups attached to an aromatic ring is 1. The second-order valence-electron chi connectivity index (χ2n) is 25.5. The zero-order valence-electron chi connectivity index (χ0n) is 57.1. The maximum absolute atomic E-state index is 14.9. The first-order valence-electron chi connectivity index (χ1n) is 34.3. The largest absolute Gasteiger partial charge is 0.399 e. The van der Waals surface area contributed by atoms with Gasteiger partial charge < -0.3 is 25.8 Å². The average molecular weight is 1450 g/mol. The average Bonchev–Trinajstić information content (AvgIpc) is 0.804. The Hall–Kier alpha value is -12.0. The van der Waals surface area contributed by atoms with Gasteiger partial charge in [0.2, 0.25) is 0 Å². The smallest absolute Gasteiger partial charge is 0.252 e. The lowest BCUT2D eigenvalue weighted by Gasteiger charge is -2.28. The first kappa shape index (κ1) is 73.8. The highest BCUT2D eigenvalue weighted by Crippen LogP contribution is 2.28. The molecule has 0 spiro atoms. The summed E-state index contributed by atoms with van der Waals surface area (Å²) < 4.78 is 82.9. The topological polar surface area (TPSA) is 228 Å². The van der Waals surface area contributed by atoms with E-state index in [0.717, 1.165) is 120 Å². The molecular weight excluding hydrogens is 1380 g/mol. The van der Waals surface area contributed by atoms with E-state index in [1.165, 1.54) is 110 Å². The molecule has 3 aliphatic rings. The van der Waals surface area contributed by atoms with Crippen LogP contribution in [0.15, 0.2) is 201 Å². The molecule has 9 aromatic carbocycles. The Balaban J connectivity index is 0.000000141. The van der Waals surface area contributed by atoms with Crippen LogP contribution in [0.5, 0.6) is 0 Å². The second-order valence-corrected chi connectivity index (χ2v) is 25.8. The maximum Gasteiger partial charge on any atom is 0.252 e. The molecule has 17 nitrogen and oxygen atoms in total. The third kappa shape index (κ3) is 18.5. The van der Waals surface area contributed by atoms with Crippen LogP contribution in [-0.4, -0.2) is 116 Å². The Morgan fingerprint density at radius 3 is 1.07 bits per heavy atom. The van der Waals surface area contributed by atoms with E-state index in [1.54, 1.807) is 79.3 Å². The van der Waals surface area contributed by atoms with E-state index in [0.29, 0.717) is 60.9 Å². The number of carbonyl (C=O) groups excluding carboxylic acids is 6. The zero-order chi connectivity index (χ0) is 74.4. The molecule has 3 N–H and O–H groups in total. The minimum atomic E-state index is -0.722. The predicted octanol–water partition coefficient (Wildman–Crippen LogP) is 15.3. The molecule has 106 heavy (non-hydrogen) atoms. The number of carbonyl (C=O) groups is 6. The number of hydrogen-bond acceptors (Lipinski definition) is 17. The molecular formula is C82H68ClF6N11O6. The van der Waals surface area contributed by atoms with Gasteiger partial charge in [0.25, 0.3) is 5.24 Å². The van der Waals surface area contributed by atoms with Crippen LogP contribution < -0.4 is 25.8 Å². The molecule has 0 unspecified atom stereocenters. The Morgan fingerprint density at radius 1 is 0.368 bits per heavy atom. The minimum absolute atomic E-state index is 0.00121. The molecule has 0 atom stereocenters. The molecule has 0 saturated carbocycles. The molecule has 0 bridgehead atoms. The van der Waals surface area contributed by atoms with Gasteiger partial charge in [-0.3, -0.25) is 43.7 Å². The van der Waals surface area contributed by atoms with Crippen LogP contribution in [0.25, 0.3) is 33.1 Å². The number of aromatic nitrogens is 6. The van der Waals surface area contributed by atoms with E-state index in [2.05, 4.69) is 44.9 Å². The number of fused-ring (bicyclic) bond motifs is 3. The van der Waals surface area contributed by atoms with Gasteiger partial charge in [0, 0.05) is 104 Å². The van der Waals surface area contributed by atoms with E-state index >= 15 is 0 Å². The van der Waals surface area contributed by atoms with Crippen LogP contribution in [0.4, 0.5) is 49.5 Å². The van der Waals surface area contributed by atoms with Crippen molar-refractivity contribution < 1.29 is 55.1 Å². The molecule has 3 aromatic heterocycles. The fraction of sp³-hybridized carbons (Fsp3) is 0.195. The fourth-order valence-electron chi connectivity index (χ4n) is 12.4. The first-order valence-corrected chi connectivity index (χ1v) is 34.7. The lowest BCUT2D eigenvalue weighted by molar-refractivity contribution is 0.0984. The highest BCUT2D eigenvalue weighted by Gasteiger charge is 2.23. The normalized spacial score (nSPS) is 13.5. The van der Waals surface area contributed by atoms with E-state index in [9.17, 15) is 55.1 Å². The lowest BCUT2D eigenvalue weighted by Crippen LogP contribution is -2.43. The lowest BCUT2D eigenvalue weighted by atomic mass is 9.98. The molecule has 12 aromatic rings. The van der Waals surface area contributed by atoms with Crippen molar-refractivity contribution in [2.24, 2.45) is 0 Å².